The molecule has 14 heteroatoms. The summed E-state index contributed by atoms with van der Waals surface area (Å²) in [5.74, 6) is -7.37. The molecule has 0 saturated heterocycles. The predicted octanol–water partition coefficient (Wildman–Crippen LogP) is 3.37. The van der Waals surface area contributed by atoms with E-state index in [1.54, 1.807) is 0 Å². The van der Waals surface area contributed by atoms with Crippen LogP contribution >= 0.6 is 19.8 Å². The van der Waals surface area contributed by atoms with Gasteiger partial charge in [-0.25, -0.2) is 28.8 Å². The Balaban J connectivity index is 0. The van der Waals surface area contributed by atoms with Crippen molar-refractivity contribution in [3.05, 3.63) is 106 Å². The number of hydrogen-bond acceptors (Lipinski definition) is 6. The fraction of sp³-hybridized carbons (Fsp3) is 0. The van der Waals surface area contributed by atoms with Crippen LogP contribution in [-0.2, 0) is 0 Å². The molecule has 0 aliphatic heterocycles. The molecule has 2 unspecified atom stereocenters. The molecule has 3 aromatic rings. The summed E-state index contributed by atoms with van der Waals surface area (Å²) in [7, 11) is 0. The van der Waals surface area contributed by atoms with E-state index in [1.807, 2.05) is 0 Å². The molecule has 0 fully saturated rings. The molecule has 2 atom stereocenters. The highest BCUT2D eigenvalue weighted by molar-refractivity contribution is 6.92. The van der Waals surface area contributed by atoms with Gasteiger partial charge in [0.2, 0.25) is 0 Å². The molecular formula is C24H24O12P2. The molecule has 0 aliphatic rings. The van der Waals surface area contributed by atoms with Gasteiger partial charge in [-0.3, -0.25) is 0 Å². The van der Waals surface area contributed by atoms with Crippen molar-refractivity contribution in [3.63, 3.8) is 0 Å². The van der Waals surface area contributed by atoms with Gasteiger partial charge in [0.25, 0.3) is 0 Å². The van der Waals surface area contributed by atoms with Crippen LogP contribution in [0.3, 0.4) is 0 Å². The third-order valence-corrected chi connectivity index (χ3v) is 4.16. The van der Waals surface area contributed by atoms with Crippen molar-refractivity contribution in [1.82, 2.24) is 0 Å². The van der Waals surface area contributed by atoms with Crippen molar-refractivity contribution in [2.24, 2.45) is 0 Å². The number of carboxylic acid groups (broad SMARTS) is 6. The lowest BCUT2D eigenvalue weighted by Gasteiger charge is -1.98. The minimum absolute atomic E-state index is 0. The molecule has 0 radical (unpaired) electrons. The molecule has 0 amide bonds. The Morgan fingerprint density at radius 3 is 0.500 bits per heavy atom. The fourth-order valence-electron chi connectivity index (χ4n) is 2.57. The topological polar surface area (TPSA) is 224 Å². The number of hydrogen-bond donors (Lipinski definition) is 6. The van der Waals surface area contributed by atoms with Crippen LogP contribution in [0.25, 0.3) is 0 Å². The van der Waals surface area contributed by atoms with Crippen molar-refractivity contribution < 1.29 is 59.4 Å². The zero-order valence-corrected chi connectivity index (χ0v) is 22.3. The largest absolute Gasteiger partial charge is 0.478 e. The van der Waals surface area contributed by atoms with E-state index in [2.05, 4.69) is 0 Å². The van der Waals surface area contributed by atoms with Gasteiger partial charge in [0, 0.05) is 0 Å². The van der Waals surface area contributed by atoms with E-state index in [9.17, 15) is 28.8 Å². The Kier molecular flexibility index (Phi) is 15.8. The van der Waals surface area contributed by atoms with Crippen LogP contribution in [-0.4, -0.2) is 66.5 Å². The summed E-state index contributed by atoms with van der Waals surface area (Å²) in [6, 6.07) is 16.4. The van der Waals surface area contributed by atoms with E-state index in [0.29, 0.717) is 0 Å². The van der Waals surface area contributed by atoms with Crippen LogP contribution < -0.4 is 0 Å². The predicted molar refractivity (Wildman–Crippen MR) is 143 cm³/mol. The number of aromatic carboxylic acids is 6. The quantitative estimate of drug-likeness (QED) is 0.236. The summed E-state index contributed by atoms with van der Waals surface area (Å²) in [5.41, 5.74) is -1.14. The number of rotatable bonds is 6. The second-order valence-electron chi connectivity index (χ2n) is 6.47. The highest BCUT2D eigenvalue weighted by Crippen LogP contribution is 2.09. The molecule has 6 N–H and O–H groups in total. The van der Waals surface area contributed by atoms with Gasteiger partial charge in [0.1, 0.15) is 0 Å². The molecule has 12 nitrogen and oxygen atoms in total. The second kappa shape index (κ2) is 16.9. The Hall–Kier alpha value is -4.66. The van der Waals surface area contributed by atoms with Crippen LogP contribution in [0.2, 0.25) is 0 Å². The van der Waals surface area contributed by atoms with E-state index in [4.69, 9.17) is 30.6 Å². The van der Waals surface area contributed by atoms with Crippen LogP contribution in [0.15, 0.2) is 72.8 Å². The Morgan fingerprint density at radius 2 is 0.421 bits per heavy atom. The Bertz CT molecular complexity index is 1060. The van der Waals surface area contributed by atoms with Crippen molar-refractivity contribution in [2.45, 2.75) is 0 Å². The summed E-state index contributed by atoms with van der Waals surface area (Å²) >= 11 is 0. The number of carbonyl (C=O) groups is 6. The van der Waals surface area contributed by atoms with Gasteiger partial charge in [-0.05, 0) is 36.4 Å². The van der Waals surface area contributed by atoms with E-state index in [0.717, 1.165) is 0 Å². The number of carboxylic acids is 6. The van der Waals surface area contributed by atoms with Crippen LogP contribution in [0.5, 0.6) is 0 Å². The second-order valence-corrected chi connectivity index (χ2v) is 6.47. The van der Waals surface area contributed by atoms with Gasteiger partial charge in [0.05, 0.1) is 33.4 Å². The standard InChI is InChI=1S/3C8H6O4.2H3P/c3*9-7(10)5-3-1-2-4-6(5)8(11)12;;/h3*1-4H,(H,9,10)(H,11,12);2*1H3. The van der Waals surface area contributed by atoms with Crippen LogP contribution in [0.4, 0.5) is 0 Å². The lowest BCUT2D eigenvalue weighted by atomic mass is 10.1. The average molecular weight is 566 g/mol. The van der Waals surface area contributed by atoms with Crippen molar-refractivity contribution in [2.75, 3.05) is 0 Å². The van der Waals surface area contributed by atoms with Crippen LogP contribution in [0, 0.1) is 0 Å². The zero-order chi connectivity index (χ0) is 27.4. The van der Waals surface area contributed by atoms with E-state index >= 15 is 0 Å². The summed E-state index contributed by atoms with van der Waals surface area (Å²) in [6.45, 7) is 0. The van der Waals surface area contributed by atoms with Gasteiger partial charge in [-0.15, -0.1) is 0 Å². The maximum Gasteiger partial charge on any atom is 0.336 e. The summed E-state index contributed by atoms with van der Waals surface area (Å²) < 4.78 is 0. The van der Waals surface area contributed by atoms with Gasteiger partial charge in [0.15, 0.2) is 0 Å². The fourth-order valence-corrected chi connectivity index (χ4v) is 2.57. The molecule has 38 heavy (non-hydrogen) atoms. The monoisotopic (exact) mass is 566 g/mol. The highest BCUT2D eigenvalue weighted by atomic mass is 31.0. The first-order valence-electron chi connectivity index (χ1n) is 9.55. The van der Waals surface area contributed by atoms with Crippen molar-refractivity contribution in [1.29, 1.82) is 0 Å². The van der Waals surface area contributed by atoms with Crippen LogP contribution in [0.1, 0.15) is 62.1 Å². The van der Waals surface area contributed by atoms with E-state index < -0.39 is 35.8 Å². The molecule has 0 aliphatic carbocycles. The minimum Gasteiger partial charge on any atom is -0.478 e. The van der Waals surface area contributed by atoms with E-state index in [-0.39, 0.29) is 53.2 Å². The molecule has 0 spiro atoms. The SMILES string of the molecule is O=C(O)c1ccccc1C(=O)O.O=C(O)c1ccccc1C(=O)O.O=C(O)c1ccccc1C(=O)O.P.P. The van der Waals surface area contributed by atoms with E-state index in [1.165, 1.54) is 72.8 Å². The lowest BCUT2D eigenvalue weighted by molar-refractivity contribution is 0.0651. The highest BCUT2D eigenvalue weighted by Gasteiger charge is 2.15. The average Bonchev–Trinajstić information content (AvgIpc) is 2.84. The third-order valence-electron chi connectivity index (χ3n) is 4.16. The first kappa shape index (κ1) is 35.5. The molecule has 0 bridgehead atoms. The van der Waals surface area contributed by atoms with Crippen molar-refractivity contribution >= 4 is 55.6 Å². The smallest absolute Gasteiger partial charge is 0.336 e. The summed E-state index contributed by atoms with van der Waals surface area (Å²) in [5, 5.41) is 51.3. The normalized spacial score (nSPS) is 8.84. The summed E-state index contributed by atoms with van der Waals surface area (Å²) in [4.78, 5) is 62.8. The van der Waals surface area contributed by atoms with Gasteiger partial charge >= 0.3 is 35.8 Å². The van der Waals surface area contributed by atoms with Gasteiger partial charge < -0.3 is 30.6 Å². The molecule has 0 aromatic heterocycles. The molecule has 0 saturated carbocycles. The minimum atomic E-state index is -1.23. The maximum atomic E-state index is 10.5. The number of benzene rings is 3. The molecule has 3 aromatic carbocycles. The molecule has 0 heterocycles. The third kappa shape index (κ3) is 10.5. The molecule has 202 valence electrons. The Morgan fingerprint density at radius 1 is 0.316 bits per heavy atom. The maximum absolute atomic E-state index is 10.5. The zero-order valence-electron chi connectivity index (χ0n) is 19.5. The molecular weight excluding hydrogens is 542 g/mol. The van der Waals surface area contributed by atoms with Gasteiger partial charge in [-0.1, -0.05) is 36.4 Å². The first-order chi connectivity index (χ1) is 16.9. The van der Waals surface area contributed by atoms with Gasteiger partial charge in [-0.2, -0.15) is 19.8 Å². The Labute approximate surface area is 221 Å². The molecule has 3 rings (SSSR count). The summed E-state index contributed by atoms with van der Waals surface area (Å²) in [6.07, 6.45) is 0. The first-order valence-corrected chi connectivity index (χ1v) is 9.55. The lowest BCUT2D eigenvalue weighted by Crippen LogP contribution is -2.06. The van der Waals surface area contributed by atoms with Crippen molar-refractivity contribution in [3.8, 4) is 0 Å².